The van der Waals surface area contributed by atoms with Crippen LogP contribution in [0.5, 0.6) is 0 Å². The molecule has 0 saturated carbocycles. The first-order valence-corrected chi connectivity index (χ1v) is 8.47. The Morgan fingerprint density at radius 2 is 1.94 bits per heavy atom. The van der Waals surface area contributed by atoms with Gasteiger partial charge in [0.25, 0.3) is 0 Å². The number of sulfone groups is 1. The third-order valence-electron chi connectivity index (χ3n) is 2.92. The van der Waals surface area contributed by atoms with Crippen LogP contribution in [0.15, 0.2) is 22.7 Å². The molecule has 98 valence electrons. The lowest BCUT2D eigenvalue weighted by Crippen LogP contribution is -2.41. The van der Waals surface area contributed by atoms with Gasteiger partial charge in [-0.2, -0.15) is 0 Å². The molecule has 1 aliphatic heterocycles. The molecule has 2 N–H and O–H groups in total. The molecule has 1 fully saturated rings. The van der Waals surface area contributed by atoms with E-state index in [0.29, 0.717) is 18.1 Å². The van der Waals surface area contributed by atoms with Crippen LogP contribution >= 0.6 is 28.1 Å². The molecule has 0 spiro atoms. The van der Waals surface area contributed by atoms with Crippen molar-refractivity contribution >= 4 is 48.7 Å². The molecular weight excluding hydrogens is 336 g/mol. The standard InChI is InChI=1S/C11H13BrN2O2S2/c12-8-2-1-3-9(10(8)11(13)17)14-4-6-18(15,16)7-5-14/h1-3H,4-7H2,(H2,13,17). The van der Waals surface area contributed by atoms with Crippen LogP contribution in [0.3, 0.4) is 0 Å². The Labute approximate surface area is 120 Å². The molecule has 0 aromatic heterocycles. The lowest BCUT2D eigenvalue weighted by molar-refractivity contribution is 0.587. The molecule has 1 heterocycles. The summed E-state index contributed by atoms with van der Waals surface area (Å²) in [5.74, 6) is 0.354. The normalized spacial score (nSPS) is 18.6. The van der Waals surface area contributed by atoms with Gasteiger partial charge in [-0.3, -0.25) is 0 Å². The Balaban J connectivity index is 2.35. The molecule has 0 atom stereocenters. The molecule has 0 amide bonds. The molecule has 0 radical (unpaired) electrons. The molecule has 18 heavy (non-hydrogen) atoms. The quantitative estimate of drug-likeness (QED) is 0.816. The Morgan fingerprint density at radius 3 is 2.50 bits per heavy atom. The molecular formula is C11H13BrN2O2S2. The molecule has 0 unspecified atom stereocenters. The van der Waals surface area contributed by atoms with Gasteiger partial charge >= 0.3 is 0 Å². The van der Waals surface area contributed by atoms with Gasteiger partial charge in [-0.25, -0.2) is 8.42 Å². The van der Waals surface area contributed by atoms with Crippen molar-refractivity contribution in [3.8, 4) is 0 Å². The highest BCUT2D eigenvalue weighted by Crippen LogP contribution is 2.28. The van der Waals surface area contributed by atoms with Crippen LogP contribution < -0.4 is 10.6 Å². The largest absolute Gasteiger partial charge is 0.389 e. The molecule has 0 bridgehead atoms. The summed E-state index contributed by atoms with van der Waals surface area (Å²) in [7, 11) is -2.88. The number of hydrogen-bond acceptors (Lipinski definition) is 4. The van der Waals surface area contributed by atoms with E-state index in [-0.39, 0.29) is 11.5 Å². The summed E-state index contributed by atoms with van der Waals surface area (Å²) < 4.78 is 23.7. The van der Waals surface area contributed by atoms with Crippen molar-refractivity contribution in [3.05, 3.63) is 28.2 Å². The zero-order valence-corrected chi connectivity index (χ0v) is 12.8. The van der Waals surface area contributed by atoms with Crippen LogP contribution in [0.1, 0.15) is 5.56 Å². The Hall–Kier alpha value is -0.660. The monoisotopic (exact) mass is 348 g/mol. The summed E-state index contributed by atoms with van der Waals surface area (Å²) in [5.41, 5.74) is 7.40. The minimum Gasteiger partial charge on any atom is -0.389 e. The predicted molar refractivity (Wildman–Crippen MR) is 80.9 cm³/mol. The maximum absolute atomic E-state index is 11.4. The Morgan fingerprint density at radius 1 is 1.33 bits per heavy atom. The molecule has 2 rings (SSSR count). The number of rotatable bonds is 2. The van der Waals surface area contributed by atoms with E-state index in [1.54, 1.807) is 0 Å². The van der Waals surface area contributed by atoms with E-state index in [9.17, 15) is 8.42 Å². The summed E-state index contributed by atoms with van der Waals surface area (Å²) in [4.78, 5) is 2.33. The summed E-state index contributed by atoms with van der Waals surface area (Å²) in [6, 6.07) is 5.68. The van der Waals surface area contributed by atoms with Crippen molar-refractivity contribution in [2.24, 2.45) is 5.73 Å². The van der Waals surface area contributed by atoms with Crippen LogP contribution in [-0.2, 0) is 9.84 Å². The smallest absolute Gasteiger partial charge is 0.153 e. The lowest BCUT2D eigenvalue weighted by atomic mass is 10.1. The summed E-state index contributed by atoms with van der Waals surface area (Å²) in [6.45, 7) is 0.961. The van der Waals surface area contributed by atoms with Crippen molar-refractivity contribution in [1.29, 1.82) is 0 Å². The number of nitrogens with two attached hydrogens (primary N) is 1. The molecule has 1 saturated heterocycles. The fourth-order valence-corrected chi connectivity index (χ4v) is 4.09. The van der Waals surface area contributed by atoms with Crippen molar-refractivity contribution < 1.29 is 8.42 Å². The van der Waals surface area contributed by atoms with Gasteiger partial charge in [-0.15, -0.1) is 0 Å². The van der Waals surface area contributed by atoms with Crippen LogP contribution in [0, 0.1) is 0 Å². The van der Waals surface area contributed by atoms with E-state index in [1.807, 2.05) is 23.1 Å². The van der Waals surface area contributed by atoms with Crippen LogP contribution in [0.25, 0.3) is 0 Å². The van der Waals surface area contributed by atoms with E-state index in [1.165, 1.54) is 0 Å². The van der Waals surface area contributed by atoms with E-state index < -0.39 is 9.84 Å². The van der Waals surface area contributed by atoms with Crippen molar-refractivity contribution in [3.63, 3.8) is 0 Å². The van der Waals surface area contributed by atoms with Gasteiger partial charge in [0.2, 0.25) is 0 Å². The summed E-state index contributed by atoms with van der Waals surface area (Å²) in [5, 5.41) is 0. The highest BCUT2D eigenvalue weighted by Gasteiger charge is 2.24. The zero-order chi connectivity index (χ0) is 13.3. The van der Waals surface area contributed by atoms with Crippen LogP contribution in [0.4, 0.5) is 5.69 Å². The number of benzene rings is 1. The molecule has 1 aromatic carbocycles. The Kier molecular flexibility index (Phi) is 3.93. The second-order valence-electron chi connectivity index (χ2n) is 4.14. The number of anilines is 1. The van der Waals surface area contributed by atoms with Gasteiger partial charge < -0.3 is 10.6 Å². The van der Waals surface area contributed by atoms with E-state index >= 15 is 0 Å². The number of nitrogens with zero attached hydrogens (tertiary/aromatic N) is 1. The summed E-state index contributed by atoms with van der Waals surface area (Å²) in [6.07, 6.45) is 0. The van der Waals surface area contributed by atoms with Crippen LogP contribution in [-0.4, -0.2) is 38.0 Å². The molecule has 1 aliphatic rings. The molecule has 0 aliphatic carbocycles. The Bertz CT molecular complexity index is 573. The lowest BCUT2D eigenvalue weighted by Gasteiger charge is -2.30. The van der Waals surface area contributed by atoms with Gasteiger partial charge in [0, 0.05) is 28.8 Å². The first kappa shape index (κ1) is 13.8. The second-order valence-corrected chi connectivity index (χ2v) is 7.73. The van der Waals surface area contributed by atoms with E-state index in [0.717, 1.165) is 15.7 Å². The maximum Gasteiger partial charge on any atom is 0.153 e. The topological polar surface area (TPSA) is 63.4 Å². The molecule has 7 heteroatoms. The van der Waals surface area contributed by atoms with E-state index in [4.69, 9.17) is 18.0 Å². The first-order valence-electron chi connectivity index (χ1n) is 5.44. The predicted octanol–water partition coefficient (Wildman–Crippen LogP) is 1.32. The van der Waals surface area contributed by atoms with Crippen LogP contribution in [0.2, 0.25) is 0 Å². The number of halogens is 1. The van der Waals surface area contributed by atoms with E-state index in [2.05, 4.69) is 15.9 Å². The minimum atomic E-state index is -2.88. The van der Waals surface area contributed by atoms with Crippen molar-refractivity contribution in [1.82, 2.24) is 0 Å². The molecule has 1 aromatic rings. The maximum atomic E-state index is 11.4. The SMILES string of the molecule is NC(=S)c1c(Br)cccc1N1CCS(=O)(=O)CC1. The highest BCUT2D eigenvalue weighted by molar-refractivity contribution is 9.10. The summed E-state index contributed by atoms with van der Waals surface area (Å²) >= 11 is 8.48. The zero-order valence-electron chi connectivity index (χ0n) is 9.60. The minimum absolute atomic E-state index is 0.177. The van der Waals surface area contributed by atoms with Gasteiger partial charge in [-0.1, -0.05) is 18.3 Å². The average Bonchev–Trinajstić information content (AvgIpc) is 2.28. The third kappa shape index (κ3) is 2.84. The van der Waals surface area contributed by atoms with Crippen molar-refractivity contribution in [2.75, 3.05) is 29.5 Å². The number of hydrogen-bond donors (Lipinski definition) is 1. The van der Waals surface area contributed by atoms with Gasteiger partial charge in [0.1, 0.15) is 4.99 Å². The second kappa shape index (κ2) is 5.14. The number of thiocarbonyl (C=S) groups is 1. The highest BCUT2D eigenvalue weighted by atomic mass is 79.9. The fourth-order valence-electron chi connectivity index (χ4n) is 1.97. The third-order valence-corrected chi connectivity index (χ3v) is 5.40. The van der Waals surface area contributed by atoms with Gasteiger partial charge in [0.15, 0.2) is 9.84 Å². The molecule has 4 nitrogen and oxygen atoms in total. The van der Waals surface area contributed by atoms with Gasteiger partial charge in [0.05, 0.1) is 11.5 Å². The fraction of sp³-hybridized carbons (Fsp3) is 0.364. The average molecular weight is 349 g/mol. The first-order chi connectivity index (χ1) is 8.41. The van der Waals surface area contributed by atoms with Gasteiger partial charge in [-0.05, 0) is 28.1 Å². The van der Waals surface area contributed by atoms with Crippen molar-refractivity contribution in [2.45, 2.75) is 0 Å².